The summed E-state index contributed by atoms with van der Waals surface area (Å²) in [5, 5.41) is 2.48. The zero-order chi connectivity index (χ0) is 26.6. The standard InChI is InChI=1S/C25H22F6N2O3/c1-12-3-4-13(10-18(12)24(26,27)28)14-6-8-20(19(11-14)25(29,30)31)33-22(35)16-7-5-15(21(34)32-2)9-17(16)23(33)36/h3-4,6,8,10-11,15-17H,5,7,9H2,1-2H3,(H,32,34). The van der Waals surface area contributed by atoms with Gasteiger partial charge in [-0.05, 0) is 61.1 Å². The second-order valence-electron chi connectivity index (χ2n) is 9.11. The molecule has 2 aliphatic rings. The second-order valence-corrected chi connectivity index (χ2v) is 9.11. The van der Waals surface area contributed by atoms with Crippen molar-refractivity contribution in [2.24, 2.45) is 17.8 Å². The predicted molar refractivity (Wildman–Crippen MR) is 117 cm³/mol. The molecule has 2 aromatic rings. The number of benzene rings is 2. The van der Waals surface area contributed by atoms with Crippen molar-refractivity contribution in [3.63, 3.8) is 0 Å². The molecule has 1 aliphatic heterocycles. The number of nitrogens with zero attached hydrogens (tertiary/aromatic N) is 1. The highest BCUT2D eigenvalue weighted by atomic mass is 19.4. The number of imide groups is 1. The topological polar surface area (TPSA) is 66.5 Å². The number of hydrogen-bond acceptors (Lipinski definition) is 3. The lowest BCUT2D eigenvalue weighted by Crippen LogP contribution is -2.35. The summed E-state index contributed by atoms with van der Waals surface area (Å²) < 4.78 is 82.2. The van der Waals surface area contributed by atoms with Gasteiger partial charge < -0.3 is 5.32 Å². The van der Waals surface area contributed by atoms with Gasteiger partial charge in [0.15, 0.2) is 0 Å². The Labute approximate surface area is 202 Å². The number of fused-ring (bicyclic) bond motifs is 1. The summed E-state index contributed by atoms with van der Waals surface area (Å²) in [6.07, 6.45) is -9.12. The Morgan fingerprint density at radius 1 is 0.861 bits per heavy atom. The molecule has 1 N–H and O–H groups in total. The molecule has 1 saturated carbocycles. The normalized spacial score (nSPS) is 22.6. The molecule has 1 saturated heterocycles. The highest BCUT2D eigenvalue weighted by Crippen LogP contribution is 2.46. The summed E-state index contributed by atoms with van der Waals surface area (Å²) in [6, 6.07) is 5.96. The Morgan fingerprint density at radius 2 is 1.42 bits per heavy atom. The van der Waals surface area contributed by atoms with Crippen LogP contribution in [0.2, 0.25) is 0 Å². The molecule has 2 fully saturated rings. The largest absolute Gasteiger partial charge is 0.418 e. The lowest BCUT2D eigenvalue weighted by molar-refractivity contribution is -0.138. The van der Waals surface area contributed by atoms with Crippen LogP contribution in [-0.4, -0.2) is 24.8 Å². The number of carbonyl (C=O) groups is 3. The number of halogens is 6. The van der Waals surface area contributed by atoms with Gasteiger partial charge in [0.2, 0.25) is 17.7 Å². The van der Waals surface area contributed by atoms with Crippen LogP contribution in [0.1, 0.15) is 36.0 Å². The Bertz CT molecular complexity index is 1240. The maximum absolute atomic E-state index is 14.1. The second kappa shape index (κ2) is 8.94. The molecule has 4 rings (SSSR count). The lowest BCUT2D eigenvalue weighted by atomic mass is 9.75. The van der Waals surface area contributed by atoms with Gasteiger partial charge >= 0.3 is 12.4 Å². The summed E-state index contributed by atoms with van der Waals surface area (Å²) in [5.41, 5.74) is -3.27. The van der Waals surface area contributed by atoms with E-state index in [4.69, 9.17) is 0 Å². The highest BCUT2D eigenvalue weighted by molar-refractivity contribution is 6.22. The molecule has 0 bridgehead atoms. The van der Waals surface area contributed by atoms with Crippen molar-refractivity contribution in [1.29, 1.82) is 0 Å². The Kier molecular flexibility index (Phi) is 6.38. The van der Waals surface area contributed by atoms with Gasteiger partial charge in [-0.2, -0.15) is 26.3 Å². The van der Waals surface area contributed by atoms with Crippen LogP contribution in [0.5, 0.6) is 0 Å². The van der Waals surface area contributed by atoms with Gasteiger partial charge in [-0.15, -0.1) is 0 Å². The maximum atomic E-state index is 14.1. The third-order valence-electron chi connectivity index (χ3n) is 6.96. The molecule has 2 aromatic carbocycles. The average molecular weight is 512 g/mol. The quantitative estimate of drug-likeness (QED) is 0.446. The molecule has 36 heavy (non-hydrogen) atoms. The zero-order valence-electron chi connectivity index (χ0n) is 19.3. The third-order valence-corrected chi connectivity index (χ3v) is 6.96. The molecule has 11 heteroatoms. The van der Waals surface area contributed by atoms with Crippen LogP contribution < -0.4 is 10.2 Å². The summed E-state index contributed by atoms with van der Waals surface area (Å²) in [5.74, 6) is -4.16. The first-order valence-corrected chi connectivity index (χ1v) is 11.2. The summed E-state index contributed by atoms with van der Waals surface area (Å²) in [4.78, 5) is 38.7. The van der Waals surface area contributed by atoms with Crippen LogP contribution in [0.4, 0.5) is 32.0 Å². The number of carbonyl (C=O) groups excluding carboxylic acids is 3. The Balaban J connectivity index is 1.75. The molecule has 0 aromatic heterocycles. The van der Waals surface area contributed by atoms with Crippen molar-refractivity contribution in [3.8, 4) is 11.1 Å². The molecule has 192 valence electrons. The molecule has 0 radical (unpaired) electrons. The first kappa shape index (κ1) is 25.7. The van der Waals surface area contributed by atoms with Crippen LogP contribution in [0.25, 0.3) is 11.1 Å². The lowest BCUT2D eigenvalue weighted by Gasteiger charge is -2.27. The van der Waals surface area contributed by atoms with E-state index in [0.717, 1.165) is 18.2 Å². The summed E-state index contributed by atoms with van der Waals surface area (Å²) in [7, 11) is 1.44. The van der Waals surface area contributed by atoms with Gasteiger partial charge in [0.25, 0.3) is 0 Å². The van der Waals surface area contributed by atoms with E-state index in [1.807, 2.05) is 0 Å². The average Bonchev–Trinajstić information content (AvgIpc) is 3.06. The van der Waals surface area contributed by atoms with E-state index in [1.165, 1.54) is 26.1 Å². The van der Waals surface area contributed by atoms with Crippen molar-refractivity contribution in [2.75, 3.05) is 11.9 Å². The van der Waals surface area contributed by atoms with Gasteiger partial charge in [-0.1, -0.05) is 18.2 Å². The fraction of sp³-hybridized carbons (Fsp3) is 0.400. The van der Waals surface area contributed by atoms with E-state index in [2.05, 4.69) is 5.32 Å². The monoisotopic (exact) mass is 512 g/mol. The van der Waals surface area contributed by atoms with Crippen LogP contribution >= 0.6 is 0 Å². The zero-order valence-corrected chi connectivity index (χ0v) is 19.3. The van der Waals surface area contributed by atoms with E-state index in [0.29, 0.717) is 17.4 Å². The van der Waals surface area contributed by atoms with Crippen molar-refractivity contribution in [1.82, 2.24) is 5.32 Å². The van der Waals surface area contributed by atoms with Gasteiger partial charge in [0.1, 0.15) is 0 Å². The van der Waals surface area contributed by atoms with E-state index >= 15 is 0 Å². The number of alkyl halides is 6. The minimum Gasteiger partial charge on any atom is -0.359 e. The fourth-order valence-electron chi connectivity index (χ4n) is 5.10. The predicted octanol–water partition coefficient (Wildman–Crippen LogP) is 5.35. The van der Waals surface area contributed by atoms with Gasteiger partial charge in [0.05, 0.1) is 28.7 Å². The first-order chi connectivity index (χ1) is 16.7. The van der Waals surface area contributed by atoms with Crippen LogP contribution in [-0.2, 0) is 26.7 Å². The number of nitrogens with one attached hydrogen (secondary N) is 1. The number of rotatable bonds is 3. The number of amides is 3. The fourth-order valence-corrected chi connectivity index (χ4v) is 5.10. The molecule has 1 heterocycles. The minimum atomic E-state index is -5.00. The number of aryl methyl sites for hydroxylation is 1. The maximum Gasteiger partial charge on any atom is 0.418 e. The van der Waals surface area contributed by atoms with Crippen LogP contribution in [0.3, 0.4) is 0 Å². The van der Waals surface area contributed by atoms with Crippen LogP contribution in [0.15, 0.2) is 36.4 Å². The highest BCUT2D eigenvalue weighted by Gasteiger charge is 2.53. The van der Waals surface area contributed by atoms with Gasteiger partial charge in [-0.3, -0.25) is 14.4 Å². The third kappa shape index (κ3) is 4.46. The molecule has 3 amide bonds. The van der Waals surface area contributed by atoms with E-state index in [1.54, 1.807) is 0 Å². The molecule has 3 atom stereocenters. The van der Waals surface area contributed by atoms with Crippen molar-refractivity contribution in [2.45, 2.75) is 38.5 Å². The number of anilines is 1. The Morgan fingerprint density at radius 3 is 2.00 bits per heavy atom. The van der Waals surface area contributed by atoms with Crippen molar-refractivity contribution >= 4 is 23.4 Å². The molecule has 5 nitrogen and oxygen atoms in total. The van der Waals surface area contributed by atoms with E-state index in [9.17, 15) is 40.7 Å². The van der Waals surface area contributed by atoms with Crippen LogP contribution in [0, 0.1) is 24.7 Å². The minimum absolute atomic E-state index is 0.0500. The molecular formula is C25H22F6N2O3. The summed E-state index contributed by atoms with van der Waals surface area (Å²) in [6.45, 7) is 1.25. The van der Waals surface area contributed by atoms with E-state index < -0.39 is 58.7 Å². The van der Waals surface area contributed by atoms with Gasteiger partial charge in [0, 0.05) is 13.0 Å². The molecule has 1 aliphatic carbocycles. The first-order valence-electron chi connectivity index (χ1n) is 11.2. The van der Waals surface area contributed by atoms with Gasteiger partial charge in [-0.25, -0.2) is 4.90 Å². The summed E-state index contributed by atoms with van der Waals surface area (Å²) >= 11 is 0. The SMILES string of the molecule is CNC(=O)C1CCC2C(=O)N(c3ccc(-c4ccc(C)c(C(F)(F)F)c4)cc3C(F)(F)F)C(=O)C2C1. The van der Waals surface area contributed by atoms with E-state index in [-0.39, 0.29) is 35.4 Å². The molecule has 0 spiro atoms. The number of hydrogen-bond donors (Lipinski definition) is 1. The molecule has 3 unspecified atom stereocenters. The van der Waals surface area contributed by atoms with Crippen molar-refractivity contribution in [3.05, 3.63) is 53.1 Å². The van der Waals surface area contributed by atoms with Crippen molar-refractivity contribution < 1.29 is 40.7 Å². The molecular weight excluding hydrogens is 490 g/mol. The smallest absolute Gasteiger partial charge is 0.359 e. The Hall–Kier alpha value is -3.37.